The van der Waals surface area contributed by atoms with Crippen molar-refractivity contribution in [1.29, 1.82) is 0 Å². The van der Waals surface area contributed by atoms with E-state index in [1.165, 1.54) is 24.1 Å². The van der Waals surface area contributed by atoms with Gasteiger partial charge in [-0.05, 0) is 43.6 Å². The average Bonchev–Trinajstić information content (AvgIpc) is 3.04. The molecule has 2 aliphatic rings. The van der Waals surface area contributed by atoms with Crippen LogP contribution in [0.4, 0.5) is 0 Å². The quantitative estimate of drug-likeness (QED) is 0.807. The van der Waals surface area contributed by atoms with Crippen LogP contribution in [-0.4, -0.2) is 16.3 Å². The summed E-state index contributed by atoms with van der Waals surface area (Å²) in [7, 11) is 2.00. The number of nitrogens with one attached hydrogen (secondary N) is 1. The van der Waals surface area contributed by atoms with Crippen molar-refractivity contribution in [3.05, 3.63) is 29.6 Å². The molecule has 0 radical (unpaired) electrons. The van der Waals surface area contributed by atoms with Crippen molar-refractivity contribution in [2.75, 3.05) is 6.54 Å². The molecule has 3 unspecified atom stereocenters. The normalized spacial score (nSPS) is 29.3. The highest BCUT2D eigenvalue weighted by molar-refractivity contribution is 5.17. The van der Waals surface area contributed by atoms with Crippen LogP contribution in [0.15, 0.2) is 18.3 Å². The summed E-state index contributed by atoms with van der Waals surface area (Å²) in [5.74, 6) is 2.59. The molecule has 3 nitrogen and oxygen atoms in total. The molecule has 2 aliphatic carbocycles. The zero-order valence-electron chi connectivity index (χ0n) is 11.4. The number of nitrogens with zero attached hydrogens (tertiary/aromatic N) is 2. The summed E-state index contributed by atoms with van der Waals surface area (Å²) in [6, 6.07) is 0. The molecule has 3 heteroatoms. The van der Waals surface area contributed by atoms with Crippen molar-refractivity contribution < 1.29 is 0 Å². The van der Waals surface area contributed by atoms with Gasteiger partial charge in [-0.25, -0.2) is 0 Å². The van der Waals surface area contributed by atoms with E-state index in [1.54, 1.807) is 0 Å². The average molecular weight is 245 g/mol. The first-order chi connectivity index (χ1) is 8.76. The predicted octanol–water partition coefficient (Wildman–Crippen LogP) is 2.28. The topological polar surface area (TPSA) is 29.9 Å². The number of aryl methyl sites for hydroxylation is 2. The maximum atomic E-state index is 4.48. The molecule has 0 spiro atoms. The number of fused-ring (bicyclic) bond motifs is 2. The summed E-state index contributed by atoms with van der Waals surface area (Å²) in [6.45, 7) is 4.30. The van der Waals surface area contributed by atoms with Crippen molar-refractivity contribution in [2.24, 2.45) is 24.8 Å². The van der Waals surface area contributed by atoms with Crippen LogP contribution in [-0.2, 0) is 20.0 Å². The SMILES string of the molecule is CCc1nn(C)cc1CNCC1CC2C=CC1C2. The van der Waals surface area contributed by atoms with Crippen molar-refractivity contribution in [2.45, 2.75) is 32.7 Å². The van der Waals surface area contributed by atoms with Crippen LogP contribution in [0, 0.1) is 17.8 Å². The number of aromatic nitrogens is 2. The highest BCUT2D eigenvalue weighted by atomic mass is 15.3. The van der Waals surface area contributed by atoms with Gasteiger partial charge in [-0.3, -0.25) is 4.68 Å². The van der Waals surface area contributed by atoms with Gasteiger partial charge in [-0.15, -0.1) is 0 Å². The molecule has 18 heavy (non-hydrogen) atoms. The molecule has 1 heterocycles. The zero-order valence-corrected chi connectivity index (χ0v) is 11.4. The van der Waals surface area contributed by atoms with Crippen LogP contribution in [0.2, 0.25) is 0 Å². The minimum atomic E-state index is 0.849. The van der Waals surface area contributed by atoms with Gasteiger partial charge in [0.25, 0.3) is 0 Å². The third-order valence-electron chi connectivity index (χ3n) is 4.47. The molecule has 0 aliphatic heterocycles. The van der Waals surface area contributed by atoms with E-state index < -0.39 is 0 Å². The van der Waals surface area contributed by atoms with Gasteiger partial charge >= 0.3 is 0 Å². The molecule has 3 rings (SSSR count). The second kappa shape index (κ2) is 4.88. The Morgan fingerprint density at radius 2 is 2.28 bits per heavy atom. The van der Waals surface area contributed by atoms with E-state index in [0.29, 0.717) is 0 Å². The summed E-state index contributed by atoms with van der Waals surface area (Å²) in [5, 5.41) is 8.11. The fraction of sp³-hybridized carbons (Fsp3) is 0.667. The van der Waals surface area contributed by atoms with Gasteiger partial charge in [-0.2, -0.15) is 5.10 Å². The Bertz CT molecular complexity index is 447. The highest BCUT2D eigenvalue weighted by Gasteiger charge is 2.34. The van der Waals surface area contributed by atoms with Crippen LogP contribution in [0.5, 0.6) is 0 Å². The molecule has 0 amide bonds. The lowest BCUT2D eigenvalue weighted by molar-refractivity contribution is 0.414. The van der Waals surface area contributed by atoms with Crippen LogP contribution < -0.4 is 5.32 Å². The summed E-state index contributed by atoms with van der Waals surface area (Å²) in [5.41, 5.74) is 2.59. The monoisotopic (exact) mass is 245 g/mol. The van der Waals surface area contributed by atoms with Gasteiger partial charge in [-0.1, -0.05) is 19.1 Å². The maximum absolute atomic E-state index is 4.48. The van der Waals surface area contributed by atoms with E-state index in [-0.39, 0.29) is 0 Å². The van der Waals surface area contributed by atoms with Crippen LogP contribution in [0.25, 0.3) is 0 Å². The second-order valence-electron chi connectivity index (χ2n) is 5.80. The highest BCUT2D eigenvalue weighted by Crippen LogP contribution is 2.42. The first kappa shape index (κ1) is 12.0. The fourth-order valence-electron chi connectivity index (χ4n) is 3.55. The van der Waals surface area contributed by atoms with Crippen LogP contribution >= 0.6 is 0 Å². The number of hydrogen-bond donors (Lipinski definition) is 1. The van der Waals surface area contributed by atoms with E-state index >= 15 is 0 Å². The van der Waals surface area contributed by atoms with E-state index in [1.807, 2.05) is 11.7 Å². The maximum Gasteiger partial charge on any atom is 0.0666 e. The first-order valence-corrected chi connectivity index (χ1v) is 7.16. The van der Waals surface area contributed by atoms with Crippen LogP contribution in [0.3, 0.4) is 0 Å². The number of allylic oxidation sites excluding steroid dienone is 2. The molecule has 98 valence electrons. The molecule has 1 fully saturated rings. The van der Waals surface area contributed by atoms with Crippen molar-refractivity contribution in [3.8, 4) is 0 Å². The molecule has 0 aromatic carbocycles. The van der Waals surface area contributed by atoms with E-state index in [4.69, 9.17) is 0 Å². The molecule has 1 saturated carbocycles. The molecule has 2 bridgehead atoms. The van der Waals surface area contributed by atoms with E-state index in [9.17, 15) is 0 Å². The lowest BCUT2D eigenvalue weighted by Gasteiger charge is -2.18. The molecule has 1 N–H and O–H groups in total. The van der Waals surface area contributed by atoms with Gasteiger partial charge in [0.2, 0.25) is 0 Å². The van der Waals surface area contributed by atoms with Crippen molar-refractivity contribution in [1.82, 2.24) is 15.1 Å². The predicted molar refractivity (Wildman–Crippen MR) is 73.1 cm³/mol. The third-order valence-corrected chi connectivity index (χ3v) is 4.47. The van der Waals surface area contributed by atoms with Crippen LogP contribution in [0.1, 0.15) is 31.0 Å². The molecule has 0 saturated heterocycles. The Balaban J connectivity index is 1.51. The summed E-state index contributed by atoms with van der Waals surface area (Å²) in [6.07, 6.45) is 10.8. The van der Waals surface area contributed by atoms with Crippen molar-refractivity contribution >= 4 is 0 Å². The second-order valence-corrected chi connectivity index (χ2v) is 5.80. The Hall–Kier alpha value is -1.09. The largest absolute Gasteiger partial charge is 0.312 e. The standard InChI is InChI=1S/C15H23N3/c1-3-15-14(10-18(2)17-15)9-16-8-13-7-11-4-5-12(13)6-11/h4-5,10-13,16H,3,6-9H2,1-2H3. The Labute approximate surface area is 109 Å². The Morgan fingerprint density at radius 1 is 1.39 bits per heavy atom. The van der Waals surface area contributed by atoms with Gasteiger partial charge in [0.1, 0.15) is 0 Å². The molecule has 3 atom stereocenters. The van der Waals surface area contributed by atoms with Gasteiger partial charge < -0.3 is 5.32 Å². The van der Waals surface area contributed by atoms with Gasteiger partial charge in [0.15, 0.2) is 0 Å². The third kappa shape index (κ3) is 2.24. The van der Waals surface area contributed by atoms with Gasteiger partial charge in [0, 0.05) is 25.4 Å². The number of hydrogen-bond acceptors (Lipinski definition) is 2. The Kier molecular flexibility index (Phi) is 3.25. The van der Waals surface area contributed by atoms with Gasteiger partial charge in [0.05, 0.1) is 5.69 Å². The van der Waals surface area contributed by atoms with E-state index in [0.717, 1.165) is 37.3 Å². The smallest absolute Gasteiger partial charge is 0.0666 e. The van der Waals surface area contributed by atoms with E-state index in [2.05, 4.69) is 35.7 Å². The minimum absolute atomic E-state index is 0.849. The minimum Gasteiger partial charge on any atom is -0.312 e. The molecule has 1 aromatic rings. The molecular formula is C15H23N3. The summed E-state index contributed by atoms with van der Waals surface area (Å²) >= 11 is 0. The molecular weight excluding hydrogens is 222 g/mol. The molecule has 1 aromatic heterocycles. The summed E-state index contributed by atoms with van der Waals surface area (Å²) < 4.78 is 1.93. The lowest BCUT2D eigenvalue weighted by Crippen LogP contribution is -2.25. The lowest BCUT2D eigenvalue weighted by atomic mass is 9.93. The summed E-state index contributed by atoms with van der Waals surface area (Å²) in [4.78, 5) is 0. The fourth-order valence-corrected chi connectivity index (χ4v) is 3.55. The van der Waals surface area contributed by atoms with Crippen molar-refractivity contribution in [3.63, 3.8) is 0 Å². The first-order valence-electron chi connectivity index (χ1n) is 7.16. The zero-order chi connectivity index (χ0) is 12.5. The number of rotatable bonds is 5. The Morgan fingerprint density at radius 3 is 2.94 bits per heavy atom.